The molecule has 182 valence electrons. The molecular weight excluding hydrogens is 449 g/mol. The third kappa shape index (κ3) is 5.37. The number of nitrogens with zero attached hydrogens (tertiary/aromatic N) is 2. The fourth-order valence-corrected chi connectivity index (χ4v) is 4.69. The Hall–Kier alpha value is -1.85. The number of ether oxygens (including phenoxy) is 2. The lowest BCUT2D eigenvalue weighted by Gasteiger charge is -2.37. The summed E-state index contributed by atoms with van der Waals surface area (Å²) in [5.74, 6) is -4.20. The van der Waals surface area contributed by atoms with E-state index in [-0.39, 0.29) is 17.8 Å². The van der Waals surface area contributed by atoms with E-state index in [2.05, 4.69) is 16.7 Å². The molecule has 5 atom stereocenters. The molecule has 0 aliphatic carbocycles. The van der Waals surface area contributed by atoms with E-state index in [1.54, 1.807) is 13.8 Å². The summed E-state index contributed by atoms with van der Waals surface area (Å²) in [4.78, 5) is 16.8. The molecule has 10 nitrogen and oxygen atoms in total. The Morgan fingerprint density at radius 3 is 2.66 bits per heavy atom. The number of hydrogen-bond acceptors (Lipinski definition) is 9. The van der Waals surface area contributed by atoms with Gasteiger partial charge in [-0.2, -0.15) is 0 Å². The third-order valence-corrected chi connectivity index (χ3v) is 6.68. The standard InChI is InChI=1S/C19H31F2N4O6P/c1-11(2)30-16(27)12(3)24-32(6,28)29-10-18(5)14(9-26)31-17(19(18,20)21)25-8-7-15(22)23-13(25)4/h7-8,11-12,14,17,26H,4,9-10H2,1-3,5-6H3,(H2,22,23)(H,24,28)/t12-,14+,17-,18?,32?/m0/s1. The van der Waals surface area contributed by atoms with E-state index in [9.17, 15) is 14.5 Å². The Labute approximate surface area is 186 Å². The number of alkyl halides is 2. The van der Waals surface area contributed by atoms with Crippen molar-refractivity contribution in [2.45, 2.75) is 58.1 Å². The Balaban J connectivity index is 2.17. The molecule has 1 fully saturated rings. The van der Waals surface area contributed by atoms with E-state index in [4.69, 9.17) is 19.7 Å². The van der Waals surface area contributed by atoms with Crippen molar-refractivity contribution in [2.75, 3.05) is 19.9 Å². The van der Waals surface area contributed by atoms with Crippen molar-refractivity contribution in [3.63, 3.8) is 0 Å². The zero-order valence-corrected chi connectivity index (χ0v) is 19.6. The number of halogens is 2. The topological polar surface area (TPSA) is 136 Å². The number of nitrogens with one attached hydrogen (secondary N) is 1. The molecule has 0 aromatic carbocycles. The van der Waals surface area contributed by atoms with Gasteiger partial charge in [-0.05, 0) is 33.8 Å². The summed E-state index contributed by atoms with van der Waals surface area (Å²) < 4.78 is 59.8. The largest absolute Gasteiger partial charge is 0.462 e. The molecule has 0 aromatic rings. The van der Waals surface area contributed by atoms with Crippen LogP contribution in [0.5, 0.6) is 0 Å². The Morgan fingerprint density at radius 2 is 2.12 bits per heavy atom. The average molecular weight is 480 g/mol. The quantitative estimate of drug-likeness (QED) is 0.333. The number of amidine groups is 1. The van der Waals surface area contributed by atoms with E-state index in [1.807, 2.05) is 0 Å². The third-order valence-electron chi connectivity index (χ3n) is 5.20. The summed E-state index contributed by atoms with van der Waals surface area (Å²) in [6, 6.07) is -0.993. The van der Waals surface area contributed by atoms with Crippen LogP contribution in [0.2, 0.25) is 0 Å². The Morgan fingerprint density at radius 1 is 1.50 bits per heavy atom. The van der Waals surface area contributed by atoms with E-state index >= 15 is 8.78 Å². The highest BCUT2D eigenvalue weighted by Gasteiger charge is 2.68. The number of hydrogen-bond donors (Lipinski definition) is 3. The molecule has 2 heterocycles. The van der Waals surface area contributed by atoms with Gasteiger partial charge < -0.3 is 29.7 Å². The van der Waals surface area contributed by atoms with Gasteiger partial charge in [0, 0.05) is 12.9 Å². The lowest BCUT2D eigenvalue weighted by molar-refractivity contribution is -0.159. The summed E-state index contributed by atoms with van der Waals surface area (Å²) in [7, 11) is -3.71. The number of aliphatic hydroxyl groups excluding tert-OH is 1. The molecule has 0 amide bonds. The van der Waals surface area contributed by atoms with E-state index in [0.717, 1.165) is 4.90 Å². The smallest absolute Gasteiger partial charge is 0.323 e. The normalized spacial score (nSPS) is 30.2. The second-order valence-corrected chi connectivity index (χ2v) is 10.5. The van der Waals surface area contributed by atoms with Crippen LogP contribution >= 0.6 is 7.52 Å². The SMILES string of the molecule is C=C1N=C(N)C=CN1[C@H]1O[C@H](CO)C(C)(COP(C)(=O)N[C@@H](C)C(=O)OC(C)C)C1(F)F. The molecule has 2 rings (SSSR count). The van der Waals surface area contributed by atoms with Crippen LogP contribution in [0.1, 0.15) is 27.7 Å². The molecule has 32 heavy (non-hydrogen) atoms. The minimum atomic E-state index is -3.71. The molecule has 0 radical (unpaired) electrons. The molecule has 13 heteroatoms. The lowest BCUT2D eigenvalue weighted by Crippen LogP contribution is -2.52. The fraction of sp³-hybridized carbons (Fsp3) is 0.684. The van der Waals surface area contributed by atoms with Crippen LogP contribution in [0, 0.1) is 5.41 Å². The molecule has 4 N–H and O–H groups in total. The summed E-state index contributed by atoms with van der Waals surface area (Å²) in [5.41, 5.74) is 3.49. The van der Waals surface area contributed by atoms with Crippen molar-refractivity contribution in [3.8, 4) is 0 Å². The van der Waals surface area contributed by atoms with Gasteiger partial charge in [0.05, 0.1) is 30.8 Å². The van der Waals surface area contributed by atoms with Crippen molar-refractivity contribution >= 4 is 19.3 Å². The zero-order valence-electron chi connectivity index (χ0n) is 18.7. The minimum absolute atomic E-state index is 0.0585. The van der Waals surface area contributed by atoms with Crippen molar-refractivity contribution in [1.82, 2.24) is 9.99 Å². The van der Waals surface area contributed by atoms with Crippen molar-refractivity contribution in [3.05, 3.63) is 24.7 Å². The summed E-state index contributed by atoms with van der Waals surface area (Å²) in [6.45, 7) is 9.22. The molecule has 2 unspecified atom stereocenters. The van der Waals surface area contributed by atoms with E-state index in [1.165, 1.54) is 32.8 Å². The van der Waals surface area contributed by atoms with Gasteiger partial charge in [-0.3, -0.25) is 9.36 Å². The number of aliphatic hydroxyl groups is 1. The lowest BCUT2D eigenvalue weighted by atomic mass is 9.80. The van der Waals surface area contributed by atoms with E-state index < -0.39 is 56.4 Å². The number of aliphatic imine (C=N–C) groups is 1. The molecule has 0 aromatic heterocycles. The summed E-state index contributed by atoms with van der Waals surface area (Å²) in [5, 5.41) is 12.2. The highest BCUT2D eigenvalue weighted by Crippen LogP contribution is 2.54. The first-order valence-corrected chi connectivity index (χ1v) is 12.1. The van der Waals surface area contributed by atoms with Crippen molar-refractivity contribution in [1.29, 1.82) is 0 Å². The van der Waals surface area contributed by atoms with Crippen LogP contribution in [-0.4, -0.2) is 72.1 Å². The molecule has 2 aliphatic heterocycles. The van der Waals surface area contributed by atoms with Crippen LogP contribution in [-0.2, 0) is 23.4 Å². The highest BCUT2D eigenvalue weighted by molar-refractivity contribution is 7.56. The molecule has 2 aliphatic rings. The van der Waals surface area contributed by atoms with Crippen molar-refractivity contribution < 1.29 is 37.2 Å². The second-order valence-electron chi connectivity index (χ2n) is 8.33. The first-order chi connectivity index (χ1) is 14.6. The number of nitrogens with two attached hydrogens (primary N) is 1. The van der Waals surface area contributed by atoms with Gasteiger partial charge in [0.1, 0.15) is 17.7 Å². The summed E-state index contributed by atoms with van der Waals surface area (Å²) >= 11 is 0. The van der Waals surface area contributed by atoms with E-state index in [0.29, 0.717) is 0 Å². The van der Waals surface area contributed by atoms with Gasteiger partial charge >= 0.3 is 11.9 Å². The molecule has 1 saturated heterocycles. The Kier molecular flexibility index (Phi) is 7.89. The Bertz CT molecular complexity index is 852. The van der Waals surface area contributed by atoms with Crippen LogP contribution < -0.4 is 10.8 Å². The average Bonchev–Trinajstić information content (AvgIpc) is 2.86. The number of carbonyl (C=O) groups excluding carboxylic acids is 1. The fourth-order valence-electron chi connectivity index (χ4n) is 3.30. The predicted octanol–water partition coefficient (Wildman–Crippen LogP) is 1.77. The molecule has 0 spiro atoms. The maximum atomic E-state index is 15.6. The maximum Gasteiger partial charge on any atom is 0.323 e. The van der Waals surface area contributed by atoms with Gasteiger partial charge in [0.25, 0.3) is 7.52 Å². The highest BCUT2D eigenvalue weighted by atomic mass is 31.2. The van der Waals surface area contributed by atoms with Crippen LogP contribution in [0.4, 0.5) is 8.78 Å². The van der Waals surface area contributed by atoms with Gasteiger partial charge in [-0.1, -0.05) is 6.58 Å². The first-order valence-electron chi connectivity index (χ1n) is 9.98. The zero-order chi connectivity index (χ0) is 24.5. The first kappa shape index (κ1) is 26.4. The minimum Gasteiger partial charge on any atom is -0.462 e. The van der Waals surface area contributed by atoms with Gasteiger partial charge in [-0.15, -0.1) is 0 Å². The monoisotopic (exact) mass is 480 g/mol. The van der Waals surface area contributed by atoms with Crippen LogP contribution in [0.15, 0.2) is 29.7 Å². The van der Waals surface area contributed by atoms with Crippen LogP contribution in [0.25, 0.3) is 0 Å². The molecular formula is C19H31F2N4O6P. The van der Waals surface area contributed by atoms with Crippen LogP contribution in [0.3, 0.4) is 0 Å². The number of rotatable bonds is 9. The van der Waals surface area contributed by atoms with Crippen molar-refractivity contribution in [2.24, 2.45) is 16.1 Å². The number of esters is 1. The second kappa shape index (κ2) is 9.56. The summed E-state index contributed by atoms with van der Waals surface area (Å²) in [6.07, 6.45) is -1.000. The molecule has 0 saturated carbocycles. The van der Waals surface area contributed by atoms with Gasteiger partial charge in [0.2, 0.25) is 6.23 Å². The van der Waals surface area contributed by atoms with Gasteiger partial charge in [-0.25, -0.2) is 18.9 Å². The van der Waals surface area contributed by atoms with Gasteiger partial charge in [0.15, 0.2) is 0 Å². The maximum absolute atomic E-state index is 15.6. The predicted molar refractivity (Wildman–Crippen MR) is 114 cm³/mol. The number of carbonyl (C=O) groups is 1. The molecule has 0 bridgehead atoms.